The molecule has 0 bridgehead atoms. The molecule has 7 heteroatoms. The van der Waals surface area contributed by atoms with Crippen LogP contribution < -0.4 is 5.32 Å². The minimum absolute atomic E-state index is 0.117. The van der Waals surface area contributed by atoms with Crippen LogP contribution >= 0.6 is 11.8 Å². The molecule has 0 aromatic heterocycles. The van der Waals surface area contributed by atoms with E-state index in [0.717, 1.165) is 30.4 Å². The van der Waals surface area contributed by atoms with Crippen molar-refractivity contribution in [3.8, 4) is 0 Å². The van der Waals surface area contributed by atoms with E-state index < -0.39 is 0 Å². The largest absolute Gasteiger partial charge is 0.352 e. The minimum atomic E-state index is -0.381. The van der Waals surface area contributed by atoms with Crippen LogP contribution in [-0.2, 0) is 6.54 Å². The Balaban J connectivity index is 1.93. The van der Waals surface area contributed by atoms with Crippen molar-refractivity contribution in [3.05, 3.63) is 39.9 Å². The molecule has 0 aliphatic carbocycles. The first-order valence-electron chi connectivity index (χ1n) is 7.81. The number of hydrogen-bond donors (Lipinski definition) is 1. The quantitative estimate of drug-likeness (QED) is 0.396. The van der Waals surface area contributed by atoms with Gasteiger partial charge in [-0.25, -0.2) is 0 Å². The molecule has 1 aromatic rings. The van der Waals surface area contributed by atoms with Crippen LogP contribution in [0.15, 0.2) is 29.3 Å². The highest BCUT2D eigenvalue weighted by Crippen LogP contribution is 2.24. The number of nitro groups is 1. The van der Waals surface area contributed by atoms with Gasteiger partial charge < -0.3 is 10.2 Å². The molecule has 1 unspecified atom stereocenters. The molecular weight excluding hydrogens is 312 g/mol. The van der Waals surface area contributed by atoms with Crippen LogP contribution in [0.4, 0.5) is 5.69 Å². The van der Waals surface area contributed by atoms with Crippen molar-refractivity contribution in [1.82, 2.24) is 10.2 Å². The van der Waals surface area contributed by atoms with Crippen molar-refractivity contribution in [1.29, 1.82) is 0 Å². The fourth-order valence-electron chi connectivity index (χ4n) is 2.52. The number of benzene rings is 1. The number of aliphatic imine (C=N–C) groups is 1. The summed E-state index contributed by atoms with van der Waals surface area (Å²) in [5, 5.41) is 14.7. The number of nitrogens with one attached hydrogen (secondary N) is 1. The molecule has 0 radical (unpaired) electrons. The van der Waals surface area contributed by atoms with Gasteiger partial charge in [0.15, 0.2) is 5.96 Å². The van der Waals surface area contributed by atoms with Crippen molar-refractivity contribution < 1.29 is 4.92 Å². The van der Waals surface area contributed by atoms with Crippen LogP contribution in [0.5, 0.6) is 0 Å². The van der Waals surface area contributed by atoms with Crippen LogP contribution in [0.1, 0.15) is 19.4 Å². The van der Waals surface area contributed by atoms with Crippen molar-refractivity contribution >= 4 is 23.4 Å². The Morgan fingerprint density at radius 2 is 2.17 bits per heavy atom. The summed E-state index contributed by atoms with van der Waals surface area (Å²) in [6, 6.07) is 6.63. The fourth-order valence-corrected chi connectivity index (χ4v) is 3.82. The van der Waals surface area contributed by atoms with Crippen LogP contribution in [0.3, 0.4) is 0 Å². The van der Waals surface area contributed by atoms with E-state index in [4.69, 9.17) is 0 Å². The van der Waals surface area contributed by atoms with Crippen LogP contribution in [0.25, 0.3) is 0 Å². The zero-order chi connectivity index (χ0) is 16.8. The molecule has 1 aliphatic heterocycles. The molecular formula is C16H24N4O2S. The van der Waals surface area contributed by atoms with Gasteiger partial charge in [0, 0.05) is 49.8 Å². The minimum Gasteiger partial charge on any atom is -0.352 e. The summed E-state index contributed by atoms with van der Waals surface area (Å²) >= 11 is 2.03. The highest BCUT2D eigenvalue weighted by molar-refractivity contribution is 8.00. The monoisotopic (exact) mass is 336 g/mol. The van der Waals surface area contributed by atoms with E-state index in [9.17, 15) is 10.1 Å². The molecule has 1 aromatic carbocycles. The van der Waals surface area contributed by atoms with Crippen molar-refractivity contribution in [2.24, 2.45) is 10.9 Å². The average Bonchev–Trinajstić information content (AvgIpc) is 2.56. The first kappa shape index (κ1) is 17.6. The third-order valence-electron chi connectivity index (χ3n) is 3.95. The number of rotatable bonds is 4. The molecule has 6 nitrogen and oxygen atoms in total. The molecule has 0 amide bonds. The van der Waals surface area contributed by atoms with Crippen molar-refractivity contribution in [3.63, 3.8) is 0 Å². The summed E-state index contributed by atoms with van der Waals surface area (Å²) in [7, 11) is 1.80. The van der Waals surface area contributed by atoms with E-state index in [1.807, 2.05) is 11.8 Å². The maximum atomic E-state index is 10.7. The van der Waals surface area contributed by atoms with E-state index >= 15 is 0 Å². The predicted octanol–water partition coefficient (Wildman–Crippen LogP) is 2.74. The van der Waals surface area contributed by atoms with Crippen LogP contribution in [-0.4, -0.2) is 46.9 Å². The molecule has 1 aliphatic rings. The lowest BCUT2D eigenvalue weighted by molar-refractivity contribution is -0.384. The molecule has 1 fully saturated rings. The fraction of sp³-hybridized carbons (Fsp3) is 0.562. The lowest BCUT2D eigenvalue weighted by Gasteiger charge is -2.36. The number of thioether (sulfide) groups is 1. The van der Waals surface area contributed by atoms with E-state index in [-0.39, 0.29) is 10.6 Å². The highest BCUT2D eigenvalue weighted by Gasteiger charge is 2.24. The van der Waals surface area contributed by atoms with Crippen molar-refractivity contribution in [2.45, 2.75) is 25.6 Å². The Morgan fingerprint density at radius 3 is 2.74 bits per heavy atom. The second-order valence-corrected chi connectivity index (χ2v) is 7.27. The number of guanidine groups is 1. The summed E-state index contributed by atoms with van der Waals surface area (Å²) in [5.74, 6) is 2.66. The SMILES string of the molecule is CN=C(NCc1ccc([N+](=O)[O-])cc1)N1CCSC(C(C)C)C1. The van der Waals surface area contributed by atoms with Gasteiger partial charge in [0.05, 0.1) is 4.92 Å². The third-order valence-corrected chi connectivity index (χ3v) is 5.49. The Hall–Kier alpha value is -1.76. The van der Waals surface area contributed by atoms with Gasteiger partial charge in [-0.1, -0.05) is 26.0 Å². The highest BCUT2D eigenvalue weighted by atomic mass is 32.2. The number of nitro benzene ring substituents is 1. The van der Waals surface area contributed by atoms with E-state index in [1.165, 1.54) is 12.1 Å². The van der Waals surface area contributed by atoms with E-state index in [0.29, 0.717) is 17.7 Å². The zero-order valence-corrected chi connectivity index (χ0v) is 14.7. The second-order valence-electron chi connectivity index (χ2n) is 5.92. The van der Waals surface area contributed by atoms with Gasteiger partial charge in [-0.2, -0.15) is 11.8 Å². The third kappa shape index (κ3) is 4.86. The first-order valence-corrected chi connectivity index (χ1v) is 8.86. The standard InChI is InChI=1S/C16H24N4O2S/c1-12(2)15-11-19(8-9-23-15)16(17-3)18-10-13-4-6-14(7-5-13)20(21)22/h4-7,12,15H,8-11H2,1-3H3,(H,17,18). The van der Waals surface area contributed by atoms with Crippen molar-refractivity contribution in [2.75, 3.05) is 25.9 Å². The van der Waals surface area contributed by atoms with Gasteiger partial charge in [0.2, 0.25) is 0 Å². The molecule has 1 atom stereocenters. The normalized spacial score (nSPS) is 19.0. The Morgan fingerprint density at radius 1 is 1.48 bits per heavy atom. The number of non-ortho nitro benzene ring substituents is 1. The summed E-state index contributed by atoms with van der Waals surface area (Å²) in [6.45, 7) is 7.12. The van der Waals surface area contributed by atoms with Gasteiger partial charge in [0.25, 0.3) is 5.69 Å². The molecule has 126 valence electrons. The van der Waals surface area contributed by atoms with Gasteiger partial charge in [-0.3, -0.25) is 15.1 Å². The van der Waals surface area contributed by atoms with E-state index in [2.05, 4.69) is 29.1 Å². The predicted molar refractivity (Wildman–Crippen MR) is 96.0 cm³/mol. The van der Waals surface area contributed by atoms with Gasteiger partial charge in [-0.05, 0) is 11.5 Å². The Bertz CT molecular complexity index is 560. The van der Waals surface area contributed by atoms with E-state index in [1.54, 1.807) is 19.2 Å². The first-order chi connectivity index (χ1) is 11.0. The van der Waals surface area contributed by atoms with Gasteiger partial charge in [-0.15, -0.1) is 0 Å². The topological polar surface area (TPSA) is 70.8 Å². The van der Waals surface area contributed by atoms with Crippen LogP contribution in [0, 0.1) is 16.0 Å². The summed E-state index contributed by atoms with van der Waals surface area (Å²) in [5.41, 5.74) is 1.12. The Kier molecular flexibility index (Phi) is 6.27. The Labute approximate surface area is 141 Å². The molecule has 1 heterocycles. The van der Waals surface area contributed by atoms with Gasteiger partial charge >= 0.3 is 0 Å². The van der Waals surface area contributed by atoms with Crippen LogP contribution in [0.2, 0.25) is 0 Å². The number of hydrogen-bond acceptors (Lipinski definition) is 4. The summed E-state index contributed by atoms with van der Waals surface area (Å²) < 4.78 is 0. The lowest BCUT2D eigenvalue weighted by Crippen LogP contribution is -2.48. The average molecular weight is 336 g/mol. The molecule has 1 saturated heterocycles. The molecule has 23 heavy (non-hydrogen) atoms. The molecule has 0 spiro atoms. The summed E-state index contributed by atoms with van der Waals surface area (Å²) in [6.07, 6.45) is 0. The lowest BCUT2D eigenvalue weighted by atomic mass is 10.1. The number of nitrogens with zero attached hydrogens (tertiary/aromatic N) is 3. The zero-order valence-electron chi connectivity index (χ0n) is 13.9. The summed E-state index contributed by atoms with van der Waals surface area (Å²) in [4.78, 5) is 17.0. The van der Waals surface area contributed by atoms with Gasteiger partial charge in [0.1, 0.15) is 0 Å². The maximum Gasteiger partial charge on any atom is 0.269 e. The smallest absolute Gasteiger partial charge is 0.269 e. The molecule has 2 rings (SSSR count). The maximum absolute atomic E-state index is 10.7. The molecule has 0 saturated carbocycles. The second kappa shape index (κ2) is 8.19. The molecule has 1 N–H and O–H groups in total.